The van der Waals surface area contributed by atoms with E-state index >= 15 is 0 Å². The molecular formula is C17H16N8O. The van der Waals surface area contributed by atoms with Gasteiger partial charge in [-0.05, 0) is 25.0 Å². The van der Waals surface area contributed by atoms with Crippen LogP contribution in [0.2, 0.25) is 0 Å². The molecule has 1 atom stereocenters. The molecule has 0 amide bonds. The SMILES string of the molecule is c1cncc(-c2noc(C3CCCN(c4ncnc5nc[nH]c45)C3)n2)c1. The number of hydrogen-bond acceptors (Lipinski definition) is 8. The van der Waals surface area contributed by atoms with E-state index in [4.69, 9.17) is 4.52 Å². The normalized spacial score (nSPS) is 17.7. The number of pyridine rings is 1. The van der Waals surface area contributed by atoms with Crippen molar-refractivity contribution in [1.29, 1.82) is 0 Å². The smallest absolute Gasteiger partial charge is 0.231 e. The second-order valence-electron chi connectivity index (χ2n) is 6.28. The highest BCUT2D eigenvalue weighted by Crippen LogP contribution is 2.31. The lowest BCUT2D eigenvalue weighted by molar-refractivity contribution is 0.333. The van der Waals surface area contributed by atoms with E-state index < -0.39 is 0 Å². The molecule has 1 aliphatic rings. The minimum atomic E-state index is 0.162. The Hall–Kier alpha value is -3.36. The molecule has 0 spiro atoms. The van der Waals surface area contributed by atoms with Gasteiger partial charge in [-0.15, -0.1) is 0 Å². The number of aromatic nitrogens is 7. The molecule has 1 aliphatic heterocycles. The number of imidazole rings is 1. The molecule has 4 aromatic heterocycles. The minimum Gasteiger partial charge on any atom is -0.354 e. The number of anilines is 1. The van der Waals surface area contributed by atoms with E-state index in [9.17, 15) is 0 Å². The van der Waals surface area contributed by atoms with Crippen LogP contribution in [0.25, 0.3) is 22.6 Å². The quantitative estimate of drug-likeness (QED) is 0.600. The van der Waals surface area contributed by atoms with Crippen molar-refractivity contribution in [2.24, 2.45) is 0 Å². The Morgan fingerprint density at radius 2 is 2.23 bits per heavy atom. The van der Waals surface area contributed by atoms with Gasteiger partial charge in [0.15, 0.2) is 11.5 Å². The predicted octanol–water partition coefficient (Wildman–Crippen LogP) is 2.18. The summed E-state index contributed by atoms with van der Waals surface area (Å²) in [5.41, 5.74) is 2.38. The summed E-state index contributed by atoms with van der Waals surface area (Å²) < 4.78 is 5.55. The maximum Gasteiger partial charge on any atom is 0.231 e. The summed E-state index contributed by atoms with van der Waals surface area (Å²) in [5.74, 6) is 2.26. The second-order valence-corrected chi connectivity index (χ2v) is 6.28. The van der Waals surface area contributed by atoms with Gasteiger partial charge in [0.25, 0.3) is 0 Å². The molecule has 1 saturated heterocycles. The third-order valence-electron chi connectivity index (χ3n) is 4.63. The van der Waals surface area contributed by atoms with Crippen molar-refractivity contribution in [2.75, 3.05) is 18.0 Å². The van der Waals surface area contributed by atoms with Gasteiger partial charge in [-0.2, -0.15) is 4.98 Å². The molecule has 0 bridgehead atoms. The Morgan fingerprint density at radius 3 is 3.15 bits per heavy atom. The summed E-state index contributed by atoms with van der Waals surface area (Å²) >= 11 is 0. The second kappa shape index (κ2) is 6.17. The number of fused-ring (bicyclic) bond motifs is 1. The van der Waals surface area contributed by atoms with Crippen LogP contribution in [0.15, 0.2) is 41.7 Å². The van der Waals surface area contributed by atoms with Crippen LogP contribution in [0, 0.1) is 0 Å². The average Bonchev–Trinajstić information content (AvgIpc) is 3.38. The van der Waals surface area contributed by atoms with E-state index in [0.717, 1.165) is 42.8 Å². The van der Waals surface area contributed by atoms with Crippen LogP contribution in [-0.4, -0.2) is 48.2 Å². The molecule has 26 heavy (non-hydrogen) atoms. The fraction of sp³-hybridized carbons (Fsp3) is 0.294. The van der Waals surface area contributed by atoms with Crippen LogP contribution < -0.4 is 4.90 Å². The molecule has 1 fully saturated rings. The minimum absolute atomic E-state index is 0.162. The topological polar surface area (TPSA) is 110 Å². The van der Waals surface area contributed by atoms with Gasteiger partial charge in [-0.1, -0.05) is 5.16 Å². The van der Waals surface area contributed by atoms with Crippen LogP contribution >= 0.6 is 0 Å². The van der Waals surface area contributed by atoms with Crippen LogP contribution in [0.5, 0.6) is 0 Å². The van der Waals surface area contributed by atoms with Crippen LogP contribution in [0.4, 0.5) is 5.82 Å². The summed E-state index contributed by atoms with van der Waals surface area (Å²) in [5, 5.41) is 4.11. The van der Waals surface area contributed by atoms with Gasteiger partial charge < -0.3 is 14.4 Å². The molecule has 9 nitrogen and oxygen atoms in total. The maximum atomic E-state index is 5.55. The van der Waals surface area contributed by atoms with E-state index in [-0.39, 0.29) is 5.92 Å². The zero-order valence-corrected chi connectivity index (χ0v) is 13.9. The molecule has 5 heterocycles. The fourth-order valence-corrected chi connectivity index (χ4v) is 3.38. The van der Waals surface area contributed by atoms with Gasteiger partial charge in [0, 0.05) is 31.0 Å². The van der Waals surface area contributed by atoms with Gasteiger partial charge in [-0.25, -0.2) is 15.0 Å². The molecular weight excluding hydrogens is 332 g/mol. The fourth-order valence-electron chi connectivity index (χ4n) is 3.38. The van der Waals surface area contributed by atoms with Crippen molar-refractivity contribution in [3.05, 3.63) is 43.1 Å². The lowest BCUT2D eigenvalue weighted by Gasteiger charge is -2.31. The summed E-state index contributed by atoms with van der Waals surface area (Å²) in [7, 11) is 0. The van der Waals surface area contributed by atoms with Crippen molar-refractivity contribution in [3.8, 4) is 11.4 Å². The van der Waals surface area contributed by atoms with Gasteiger partial charge in [0.2, 0.25) is 11.7 Å². The van der Waals surface area contributed by atoms with Gasteiger partial charge >= 0.3 is 0 Å². The molecule has 0 saturated carbocycles. The lowest BCUT2D eigenvalue weighted by atomic mass is 9.98. The summed E-state index contributed by atoms with van der Waals surface area (Å²) in [6, 6.07) is 3.78. The van der Waals surface area contributed by atoms with Gasteiger partial charge in [0.05, 0.1) is 12.2 Å². The highest BCUT2D eigenvalue weighted by Gasteiger charge is 2.28. The summed E-state index contributed by atoms with van der Waals surface area (Å²) in [6.45, 7) is 1.69. The molecule has 130 valence electrons. The predicted molar refractivity (Wildman–Crippen MR) is 93.4 cm³/mol. The molecule has 0 aliphatic carbocycles. The Labute approximate surface area is 148 Å². The van der Waals surface area contributed by atoms with Crippen molar-refractivity contribution in [1.82, 2.24) is 35.1 Å². The third kappa shape index (κ3) is 2.57. The van der Waals surface area contributed by atoms with E-state index in [1.807, 2.05) is 12.1 Å². The molecule has 5 rings (SSSR count). The standard InChI is InChI=1S/C17H16N8O/c1-3-11(7-18-5-1)14-23-17(26-24-14)12-4-2-6-25(8-12)16-13-15(20-9-19-13)21-10-22-16/h1,3,5,7,9-10,12H,2,4,6,8H2,(H,19,20,21,22). The monoisotopic (exact) mass is 348 g/mol. The van der Waals surface area contributed by atoms with Crippen molar-refractivity contribution in [3.63, 3.8) is 0 Å². The highest BCUT2D eigenvalue weighted by atomic mass is 16.5. The number of H-pyrrole nitrogens is 1. The van der Waals surface area contributed by atoms with E-state index in [1.54, 1.807) is 25.0 Å². The van der Waals surface area contributed by atoms with Crippen molar-refractivity contribution >= 4 is 17.0 Å². The summed E-state index contributed by atoms with van der Waals surface area (Å²) in [6.07, 6.45) is 8.67. The molecule has 4 aromatic rings. The van der Waals surface area contributed by atoms with Gasteiger partial charge in [-0.3, -0.25) is 4.98 Å². The molecule has 0 aromatic carbocycles. The van der Waals surface area contributed by atoms with Crippen LogP contribution in [-0.2, 0) is 0 Å². The Balaban J connectivity index is 1.41. The van der Waals surface area contributed by atoms with Crippen LogP contribution in [0.3, 0.4) is 0 Å². The number of aromatic amines is 1. The number of nitrogens with one attached hydrogen (secondary N) is 1. The zero-order valence-electron chi connectivity index (χ0n) is 13.9. The molecule has 0 radical (unpaired) electrons. The Kier molecular flexibility index (Phi) is 3.55. The molecule has 1 unspecified atom stereocenters. The van der Waals surface area contributed by atoms with E-state index in [1.165, 1.54) is 0 Å². The lowest BCUT2D eigenvalue weighted by Crippen LogP contribution is -2.35. The third-order valence-corrected chi connectivity index (χ3v) is 4.63. The van der Waals surface area contributed by atoms with Gasteiger partial charge in [0.1, 0.15) is 11.8 Å². The summed E-state index contributed by atoms with van der Waals surface area (Å²) in [4.78, 5) is 26.9. The Bertz CT molecular complexity index is 1030. The van der Waals surface area contributed by atoms with Crippen molar-refractivity contribution in [2.45, 2.75) is 18.8 Å². The van der Waals surface area contributed by atoms with Crippen LogP contribution in [0.1, 0.15) is 24.7 Å². The molecule has 1 N–H and O–H groups in total. The number of rotatable bonds is 3. The number of piperidine rings is 1. The first kappa shape index (κ1) is 14.9. The first-order valence-corrected chi connectivity index (χ1v) is 8.51. The number of hydrogen-bond donors (Lipinski definition) is 1. The van der Waals surface area contributed by atoms with E-state index in [2.05, 4.69) is 40.0 Å². The Morgan fingerprint density at radius 1 is 1.23 bits per heavy atom. The first-order chi connectivity index (χ1) is 12.9. The molecule has 9 heteroatoms. The zero-order chi connectivity index (χ0) is 17.3. The highest BCUT2D eigenvalue weighted by molar-refractivity contribution is 5.82. The number of nitrogens with zero attached hydrogens (tertiary/aromatic N) is 7. The first-order valence-electron chi connectivity index (χ1n) is 8.51. The maximum absolute atomic E-state index is 5.55. The van der Waals surface area contributed by atoms with Crippen molar-refractivity contribution < 1.29 is 4.52 Å². The largest absolute Gasteiger partial charge is 0.354 e. The average molecular weight is 348 g/mol. The van der Waals surface area contributed by atoms with E-state index in [0.29, 0.717) is 17.4 Å².